The van der Waals surface area contributed by atoms with Crippen LogP contribution in [-0.2, 0) is 19.1 Å². The number of Topliss-reactive ketones (excluding diaryl/α,β-unsaturated/α-hetero) is 2. The summed E-state index contributed by atoms with van der Waals surface area (Å²) in [5.41, 5.74) is 0.460. The molecular weight excluding hydrogens is 342 g/mol. The molecule has 0 amide bonds. The number of thiophene rings is 1. The van der Waals surface area contributed by atoms with Crippen molar-refractivity contribution in [3.8, 4) is 0 Å². The van der Waals surface area contributed by atoms with Crippen LogP contribution < -0.4 is 5.32 Å². The Morgan fingerprint density at radius 2 is 1.96 bits per heavy atom. The number of para-hydroxylation sites is 1. The van der Waals surface area contributed by atoms with Crippen LogP contribution in [0.5, 0.6) is 0 Å². The molecule has 0 radical (unpaired) electrons. The van der Waals surface area contributed by atoms with E-state index in [1.165, 1.54) is 11.3 Å². The fourth-order valence-corrected chi connectivity index (χ4v) is 3.02. The SMILES string of the molecule is Cc1ccc(C(=O)COC(=O)C2=C(Nc3ccccc3)OCC2=O)s1. The van der Waals surface area contributed by atoms with Gasteiger partial charge in [-0.1, -0.05) is 18.2 Å². The Morgan fingerprint density at radius 3 is 2.64 bits per heavy atom. The number of benzene rings is 1. The number of esters is 1. The van der Waals surface area contributed by atoms with Gasteiger partial charge in [-0.25, -0.2) is 4.79 Å². The quantitative estimate of drug-likeness (QED) is 0.486. The lowest BCUT2D eigenvalue weighted by atomic mass is 10.2. The Hall–Kier alpha value is -2.93. The molecule has 1 N–H and O–H groups in total. The van der Waals surface area contributed by atoms with Crippen molar-refractivity contribution in [1.29, 1.82) is 0 Å². The van der Waals surface area contributed by atoms with E-state index in [4.69, 9.17) is 9.47 Å². The van der Waals surface area contributed by atoms with Crippen LogP contribution in [0.25, 0.3) is 0 Å². The smallest absolute Gasteiger partial charge is 0.347 e. The topological polar surface area (TPSA) is 81.7 Å². The molecule has 128 valence electrons. The summed E-state index contributed by atoms with van der Waals surface area (Å²) in [4.78, 5) is 37.7. The van der Waals surface area contributed by atoms with Crippen LogP contribution in [0.3, 0.4) is 0 Å². The maximum Gasteiger partial charge on any atom is 0.347 e. The minimum Gasteiger partial charge on any atom is -0.470 e. The summed E-state index contributed by atoms with van der Waals surface area (Å²) < 4.78 is 10.2. The van der Waals surface area contributed by atoms with E-state index < -0.39 is 18.4 Å². The lowest BCUT2D eigenvalue weighted by Gasteiger charge is -2.08. The largest absolute Gasteiger partial charge is 0.470 e. The third-order valence-electron chi connectivity index (χ3n) is 3.44. The highest BCUT2D eigenvalue weighted by atomic mass is 32.1. The van der Waals surface area contributed by atoms with E-state index in [0.717, 1.165) is 4.88 Å². The number of ether oxygens (including phenoxy) is 2. The number of anilines is 1. The molecule has 0 bridgehead atoms. The molecule has 0 saturated heterocycles. The maximum absolute atomic E-state index is 12.2. The Kier molecular flexibility index (Phi) is 4.95. The minimum absolute atomic E-state index is 0.0422. The Morgan fingerprint density at radius 1 is 1.20 bits per heavy atom. The first-order valence-electron chi connectivity index (χ1n) is 7.53. The number of hydrogen-bond donors (Lipinski definition) is 1. The van der Waals surface area contributed by atoms with Crippen LogP contribution in [-0.4, -0.2) is 30.7 Å². The molecule has 25 heavy (non-hydrogen) atoms. The van der Waals surface area contributed by atoms with Gasteiger partial charge in [-0.3, -0.25) is 9.59 Å². The highest BCUT2D eigenvalue weighted by molar-refractivity contribution is 7.14. The summed E-state index contributed by atoms with van der Waals surface area (Å²) in [6.45, 7) is 1.22. The van der Waals surface area contributed by atoms with E-state index in [-0.39, 0.29) is 23.8 Å². The van der Waals surface area contributed by atoms with Gasteiger partial charge in [0, 0.05) is 10.6 Å². The van der Waals surface area contributed by atoms with Gasteiger partial charge >= 0.3 is 5.97 Å². The minimum atomic E-state index is -0.873. The van der Waals surface area contributed by atoms with Crippen LogP contribution in [0.2, 0.25) is 0 Å². The lowest BCUT2D eigenvalue weighted by molar-refractivity contribution is -0.139. The summed E-state index contributed by atoms with van der Waals surface area (Å²) >= 11 is 1.33. The van der Waals surface area contributed by atoms with Gasteiger partial charge in [-0.15, -0.1) is 11.3 Å². The molecule has 6 nitrogen and oxygen atoms in total. The van der Waals surface area contributed by atoms with Crippen molar-refractivity contribution >= 4 is 34.6 Å². The van der Waals surface area contributed by atoms with E-state index in [1.807, 2.05) is 19.1 Å². The summed E-state index contributed by atoms with van der Waals surface area (Å²) in [7, 11) is 0. The van der Waals surface area contributed by atoms with Crippen molar-refractivity contribution in [2.24, 2.45) is 0 Å². The molecule has 1 aliphatic rings. The van der Waals surface area contributed by atoms with Crippen molar-refractivity contribution in [3.05, 3.63) is 63.7 Å². The second-order valence-electron chi connectivity index (χ2n) is 5.32. The molecule has 1 aromatic heterocycles. The van der Waals surface area contributed by atoms with Gasteiger partial charge < -0.3 is 14.8 Å². The molecule has 0 saturated carbocycles. The number of aryl methyl sites for hydroxylation is 1. The van der Waals surface area contributed by atoms with Gasteiger partial charge in [0.2, 0.25) is 17.4 Å². The number of carbonyl (C=O) groups is 3. The molecule has 0 spiro atoms. The van der Waals surface area contributed by atoms with Gasteiger partial charge in [0.25, 0.3) is 0 Å². The summed E-state index contributed by atoms with van der Waals surface area (Å²) in [6, 6.07) is 12.5. The van der Waals surface area contributed by atoms with Crippen LogP contribution in [0.15, 0.2) is 53.9 Å². The first-order chi connectivity index (χ1) is 12.0. The van der Waals surface area contributed by atoms with Crippen molar-refractivity contribution < 1.29 is 23.9 Å². The molecule has 1 aromatic carbocycles. The predicted octanol–water partition coefficient (Wildman–Crippen LogP) is 2.71. The van der Waals surface area contributed by atoms with Gasteiger partial charge in [-0.2, -0.15) is 0 Å². The maximum atomic E-state index is 12.2. The summed E-state index contributed by atoms with van der Waals surface area (Å²) in [5, 5.41) is 2.88. The van der Waals surface area contributed by atoms with E-state index >= 15 is 0 Å². The van der Waals surface area contributed by atoms with Crippen LogP contribution >= 0.6 is 11.3 Å². The van der Waals surface area contributed by atoms with E-state index in [1.54, 1.807) is 30.3 Å². The molecule has 3 rings (SSSR count). The average molecular weight is 357 g/mol. The fraction of sp³-hybridized carbons (Fsp3) is 0.167. The fourth-order valence-electron chi connectivity index (χ4n) is 2.23. The summed E-state index contributed by atoms with van der Waals surface area (Å²) in [6.07, 6.45) is 0. The highest BCUT2D eigenvalue weighted by Crippen LogP contribution is 2.21. The van der Waals surface area contributed by atoms with Gasteiger partial charge in [0.1, 0.15) is 0 Å². The van der Waals surface area contributed by atoms with Crippen LogP contribution in [0.1, 0.15) is 14.5 Å². The molecule has 0 atom stereocenters. The molecule has 0 aliphatic carbocycles. The number of nitrogens with one attached hydrogen (secondary N) is 1. The number of hydrogen-bond acceptors (Lipinski definition) is 7. The number of carbonyl (C=O) groups excluding carboxylic acids is 3. The molecule has 7 heteroatoms. The Labute approximate surface area is 148 Å². The zero-order valence-electron chi connectivity index (χ0n) is 13.4. The normalized spacial score (nSPS) is 13.6. The Bertz CT molecular complexity index is 853. The van der Waals surface area contributed by atoms with E-state index in [2.05, 4.69) is 5.32 Å². The zero-order chi connectivity index (χ0) is 17.8. The van der Waals surface area contributed by atoms with Crippen LogP contribution in [0.4, 0.5) is 5.69 Å². The second kappa shape index (κ2) is 7.31. The summed E-state index contributed by atoms with van der Waals surface area (Å²) in [5.74, 6) is -1.62. The monoisotopic (exact) mass is 357 g/mol. The predicted molar refractivity (Wildman–Crippen MR) is 92.4 cm³/mol. The lowest BCUT2D eigenvalue weighted by Crippen LogP contribution is -2.20. The molecule has 0 fully saturated rings. The van der Waals surface area contributed by atoms with Crippen molar-refractivity contribution in [1.82, 2.24) is 0 Å². The first kappa shape index (κ1) is 16.9. The Balaban J connectivity index is 1.69. The van der Waals surface area contributed by atoms with Crippen LogP contribution in [0, 0.1) is 6.92 Å². The van der Waals surface area contributed by atoms with Crippen molar-refractivity contribution in [2.75, 3.05) is 18.5 Å². The van der Waals surface area contributed by atoms with E-state index in [9.17, 15) is 14.4 Å². The number of rotatable bonds is 6. The van der Waals surface area contributed by atoms with Gasteiger partial charge in [-0.05, 0) is 31.2 Å². The molecule has 2 heterocycles. The van der Waals surface area contributed by atoms with Crippen molar-refractivity contribution in [3.63, 3.8) is 0 Å². The van der Waals surface area contributed by atoms with Gasteiger partial charge in [0.05, 0.1) is 4.88 Å². The zero-order valence-corrected chi connectivity index (χ0v) is 14.2. The average Bonchev–Trinajstić information content (AvgIpc) is 3.19. The van der Waals surface area contributed by atoms with Gasteiger partial charge in [0.15, 0.2) is 18.8 Å². The molecular formula is C18H15NO5S. The second-order valence-corrected chi connectivity index (χ2v) is 6.60. The standard InChI is InChI=1S/C18H15NO5S/c1-11-7-8-15(25-11)13(20)9-24-18(22)16-14(21)10-23-17(16)19-12-5-3-2-4-6-12/h2-8,19H,9-10H2,1H3. The third-order valence-corrected chi connectivity index (χ3v) is 4.48. The van der Waals surface area contributed by atoms with Crippen molar-refractivity contribution in [2.45, 2.75) is 6.92 Å². The highest BCUT2D eigenvalue weighted by Gasteiger charge is 2.33. The molecule has 0 unspecified atom stereocenters. The molecule has 2 aromatic rings. The number of ketones is 2. The molecule has 1 aliphatic heterocycles. The first-order valence-corrected chi connectivity index (χ1v) is 8.35. The third kappa shape index (κ3) is 3.95. The van der Waals surface area contributed by atoms with E-state index in [0.29, 0.717) is 10.6 Å².